The molecule has 0 saturated heterocycles. The summed E-state index contributed by atoms with van der Waals surface area (Å²) >= 11 is 0. The maximum absolute atomic E-state index is 11.6. The van der Waals surface area contributed by atoms with Crippen LogP contribution < -0.4 is 4.90 Å². The summed E-state index contributed by atoms with van der Waals surface area (Å²) in [5, 5.41) is 44.9. The molecule has 0 aromatic carbocycles. The first-order valence-corrected chi connectivity index (χ1v) is 11.0. The van der Waals surface area contributed by atoms with Crippen molar-refractivity contribution in [2.45, 2.75) is 70.1 Å². The zero-order chi connectivity index (χ0) is 24.4. The summed E-state index contributed by atoms with van der Waals surface area (Å²) in [6, 6.07) is -0.652. The molecule has 13 nitrogen and oxygen atoms in total. The molecule has 1 saturated carbocycles. The number of aliphatic carboxylic acids is 4. The Morgan fingerprint density at radius 2 is 1.64 bits per heavy atom. The summed E-state index contributed by atoms with van der Waals surface area (Å²) < 4.78 is 1.59. The summed E-state index contributed by atoms with van der Waals surface area (Å²) in [5.74, 6) is -4.14. The quantitative estimate of drug-likeness (QED) is 0.193. The van der Waals surface area contributed by atoms with Crippen molar-refractivity contribution in [1.29, 1.82) is 0 Å². The van der Waals surface area contributed by atoms with E-state index in [0.717, 1.165) is 12.8 Å². The Bertz CT molecular complexity index is 813. The van der Waals surface area contributed by atoms with E-state index in [0.29, 0.717) is 42.8 Å². The van der Waals surface area contributed by atoms with E-state index in [1.165, 1.54) is 4.90 Å². The van der Waals surface area contributed by atoms with Gasteiger partial charge in [0.15, 0.2) is 6.54 Å². The van der Waals surface area contributed by atoms with Crippen molar-refractivity contribution in [2.24, 2.45) is 0 Å². The Balaban J connectivity index is 2.14. The van der Waals surface area contributed by atoms with Crippen LogP contribution in [0.5, 0.6) is 0 Å². The minimum Gasteiger partial charge on any atom is -0.481 e. The predicted molar refractivity (Wildman–Crippen MR) is 112 cm³/mol. The summed E-state index contributed by atoms with van der Waals surface area (Å²) in [6.07, 6.45) is 5.78. The highest BCUT2D eigenvalue weighted by Gasteiger charge is 2.39. The van der Waals surface area contributed by atoms with Crippen LogP contribution in [0.3, 0.4) is 0 Å². The van der Waals surface area contributed by atoms with Crippen molar-refractivity contribution in [1.82, 2.24) is 19.9 Å². The van der Waals surface area contributed by atoms with E-state index in [2.05, 4.69) is 10.3 Å². The highest BCUT2D eigenvalue weighted by atomic mass is 16.4. The molecule has 1 aromatic heterocycles. The lowest BCUT2D eigenvalue weighted by Crippen LogP contribution is -3.17. The molecule has 184 valence electrons. The van der Waals surface area contributed by atoms with Gasteiger partial charge >= 0.3 is 23.9 Å². The third-order valence-corrected chi connectivity index (χ3v) is 5.80. The molecule has 2 rings (SSSR count). The molecule has 13 heteroatoms. The van der Waals surface area contributed by atoms with Gasteiger partial charge in [-0.3, -0.25) is 24.0 Å². The van der Waals surface area contributed by atoms with E-state index in [1.54, 1.807) is 10.9 Å². The van der Waals surface area contributed by atoms with E-state index in [9.17, 15) is 34.5 Å². The first-order valence-electron chi connectivity index (χ1n) is 11.0. The lowest BCUT2D eigenvalue weighted by molar-refractivity contribution is -0.935. The topological polar surface area (TPSA) is 188 Å². The van der Waals surface area contributed by atoms with E-state index < -0.39 is 37.0 Å². The third kappa shape index (κ3) is 9.14. The highest BCUT2D eigenvalue weighted by Crippen LogP contribution is 2.22. The number of rotatable bonds is 15. The summed E-state index contributed by atoms with van der Waals surface area (Å²) in [7, 11) is 0. The zero-order valence-electron chi connectivity index (χ0n) is 18.4. The van der Waals surface area contributed by atoms with Gasteiger partial charge in [0.05, 0.1) is 25.3 Å². The summed E-state index contributed by atoms with van der Waals surface area (Å²) in [6.45, 7) is -0.344. The van der Waals surface area contributed by atoms with Crippen LogP contribution in [0, 0.1) is 0 Å². The predicted octanol–water partition coefficient (Wildman–Crippen LogP) is -1.22. The fourth-order valence-corrected chi connectivity index (χ4v) is 4.49. The van der Waals surface area contributed by atoms with Crippen LogP contribution in [0.1, 0.15) is 50.6 Å². The average Bonchev–Trinajstić information content (AvgIpc) is 3.16. The number of unbranched alkanes of at least 4 members (excludes halogenated alkanes) is 1. The standard InChI is InChI=1S/C20H31N5O8/c26-17(27)7-3-4-8-25-10-14(21-22-25)9-23(11-18(28)29)15-5-1-2-6-16(15)24(12-19(30)31)13-20(32)33/h10,15-16H,1-9,11-13H2,(H,26,27)(H,28,29)(H,30,31)(H,32,33)/p+1. The molecule has 1 aromatic rings. The fraction of sp³-hybridized carbons (Fsp3) is 0.700. The van der Waals surface area contributed by atoms with Gasteiger partial charge in [-0.2, -0.15) is 0 Å². The molecule has 0 amide bonds. The van der Waals surface area contributed by atoms with Crippen LogP contribution in [-0.4, -0.2) is 95.9 Å². The monoisotopic (exact) mass is 470 g/mol. The second-order valence-electron chi connectivity index (χ2n) is 8.38. The highest BCUT2D eigenvalue weighted by molar-refractivity contribution is 5.72. The molecule has 0 aliphatic heterocycles. The van der Waals surface area contributed by atoms with Crippen molar-refractivity contribution in [3.05, 3.63) is 11.9 Å². The van der Waals surface area contributed by atoms with Crippen LogP contribution in [0.25, 0.3) is 0 Å². The number of aryl methyl sites for hydroxylation is 1. The van der Waals surface area contributed by atoms with Crippen molar-refractivity contribution < 1.29 is 44.5 Å². The van der Waals surface area contributed by atoms with Gasteiger partial charge in [-0.15, -0.1) is 5.10 Å². The van der Waals surface area contributed by atoms with Gasteiger partial charge < -0.3 is 25.3 Å². The number of carbonyl (C=O) groups is 4. The molecule has 3 atom stereocenters. The second kappa shape index (κ2) is 12.8. The Kier molecular flexibility index (Phi) is 10.2. The maximum atomic E-state index is 11.6. The van der Waals surface area contributed by atoms with Crippen LogP contribution in [-0.2, 0) is 32.3 Å². The van der Waals surface area contributed by atoms with Crippen molar-refractivity contribution in [3.8, 4) is 0 Å². The van der Waals surface area contributed by atoms with Crippen molar-refractivity contribution in [2.75, 3.05) is 19.6 Å². The molecule has 0 spiro atoms. The molecule has 1 aliphatic rings. The SMILES string of the molecule is O=C(O)CCCCn1cc(C[NH+](CC(=O)O)C2CCCCC2N(CC(=O)O)CC(=O)O)nn1. The number of quaternary nitrogens is 1. The Labute approximate surface area is 190 Å². The number of aromatic nitrogens is 3. The van der Waals surface area contributed by atoms with E-state index in [-0.39, 0.29) is 31.6 Å². The Hall–Kier alpha value is -3.06. The van der Waals surface area contributed by atoms with Gasteiger partial charge in [0, 0.05) is 19.4 Å². The number of nitrogens with zero attached hydrogens (tertiary/aromatic N) is 4. The number of hydrogen-bond donors (Lipinski definition) is 5. The van der Waals surface area contributed by atoms with E-state index in [1.807, 2.05) is 0 Å². The third-order valence-electron chi connectivity index (χ3n) is 5.80. The number of nitrogens with one attached hydrogen (secondary N) is 1. The van der Waals surface area contributed by atoms with Crippen molar-refractivity contribution in [3.63, 3.8) is 0 Å². The molecule has 1 heterocycles. The van der Waals surface area contributed by atoms with Crippen LogP contribution in [0.4, 0.5) is 0 Å². The summed E-state index contributed by atoms with van der Waals surface area (Å²) in [4.78, 5) is 47.0. The molecular formula is C20H32N5O8+. The molecular weight excluding hydrogens is 438 g/mol. The van der Waals surface area contributed by atoms with Gasteiger partial charge in [-0.1, -0.05) is 11.6 Å². The summed E-state index contributed by atoms with van der Waals surface area (Å²) in [5.41, 5.74) is 0.567. The average molecular weight is 471 g/mol. The van der Waals surface area contributed by atoms with Gasteiger partial charge in [-0.25, -0.2) is 4.79 Å². The molecule has 5 N–H and O–H groups in total. The van der Waals surface area contributed by atoms with Crippen molar-refractivity contribution >= 4 is 23.9 Å². The normalized spacial score (nSPS) is 19.3. The van der Waals surface area contributed by atoms with Gasteiger partial charge in [-0.05, 0) is 25.7 Å². The minimum absolute atomic E-state index is 0.0738. The number of hydrogen-bond acceptors (Lipinski definition) is 7. The van der Waals surface area contributed by atoms with Gasteiger partial charge in [0.1, 0.15) is 18.3 Å². The minimum atomic E-state index is -1.13. The lowest BCUT2D eigenvalue weighted by atomic mass is 9.87. The van der Waals surface area contributed by atoms with Crippen LogP contribution >= 0.6 is 0 Å². The first-order chi connectivity index (χ1) is 15.7. The molecule has 3 unspecified atom stereocenters. The second-order valence-corrected chi connectivity index (χ2v) is 8.38. The van der Waals surface area contributed by atoms with Crippen LogP contribution in [0.2, 0.25) is 0 Å². The molecule has 1 aliphatic carbocycles. The zero-order valence-corrected chi connectivity index (χ0v) is 18.4. The smallest absolute Gasteiger partial charge is 0.359 e. The Morgan fingerprint density at radius 3 is 2.24 bits per heavy atom. The Morgan fingerprint density at radius 1 is 0.970 bits per heavy atom. The van der Waals surface area contributed by atoms with Crippen LogP contribution in [0.15, 0.2) is 6.20 Å². The number of carboxylic acid groups (broad SMARTS) is 4. The molecule has 33 heavy (non-hydrogen) atoms. The van der Waals surface area contributed by atoms with Gasteiger partial charge in [0.25, 0.3) is 0 Å². The maximum Gasteiger partial charge on any atom is 0.359 e. The van der Waals surface area contributed by atoms with Gasteiger partial charge in [0.2, 0.25) is 0 Å². The molecule has 1 fully saturated rings. The lowest BCUT2D eigenvalue weighted by Gasteiger charge is -2.41. The largest absolute Gasteiger partial charge is 0.481 e. The van der Waals surface area contributed by atoms with E-state index in [4.69, 9.17) is 5.11 Å². The van der Waals surface area contributed by atoms with E-state index >= 15 is 0 Å². The molecule has 0 bridgehead atoms. The first kappa shape index (κ1) is 26.2. The fourth-order valence-electron chi connectivity index (χ4n) is 4.49. The number of carboxylic acids is 4. The molecule has 0 radical (unpaired) electrons.